The highest BCUT2D eigenvalue weighted by atomic mass is 19.3. The number of benzene rings is 1. The summed E-state index contributed by atoms with van der Waals surface area (Å²) in [6, 6.07) is 10.7. The van der Waals surface area contributed by atoms with E-state index in [0.717, 1.165) is 0 Å². The summed E-state index contributed by atoms with van der Waals surface area (Å²) in [4.78, 5) is 4.12. The van der Waals surface area contributed by atoms with Crippen molar-refractivity contribution >= 4 is 0 Å². The molecule has 0 saturated carbocycles. The van der Waals surface area contributed by atoms with E-state index in [0.29, 0.717) is 5.56 Å². The lowest BCUT2D eigenvalue weighted by atomic mass is 10.2. The Morgan fingerprint density at radius 3 is 2.55 bits per heavy atom. The zero-order valence-corrected chi connectivity index (χ0v) is 10.9. The molecule has 0 aliphatic carbocycles. The molecule has 0 aliphatic heterocycles. The minimum Gasteiger partial charge on any atom is -0.440 e. The summed E-state index contributed by atoms with van der Waals surface area (Å²) in [5.41, 5.74) is 0.559. The Bertz CT molecular complexity index is 818. The lowest BCUT2D eigenvalue weighted by Gasteiger charge is -2.03. The third-order valence-corrected chi connectivity index (χ3v) is 2.69. The molecule has 8 heteroatoms. The van der Waals surface area contributed by atoms with Gasteiger partial charge in [-0.1, -0.05) is 5.16 Å². The highest BCUT2D eigenvalue weighted by Gasteiger charge is 2.14. The number of furan rings is 1. The van der Waals surface area contributed by atoms with Crippen LogP contribution >= 0.6 is 0 Å². The van der Waals surface area contributed by atoms with Gasteiger partial charge in [0, 0.05) is 5.56 Å². The first-order valence-electron chi connectivity index (χ1n) is 6.05. The van der Waals surface area contributed by atoms with Crippen molar-refractivity contribution in [2.45, 2.75) is 6.61 Å². The van der Waals surface area contributed by atoms with Crippen molar-refractivity contribution in [3.8, 4) is 34.9 Å². The Labute approximate surface area is 122 Å². The van der Waals surface area contributed by atoms with Gasteiger partial charge in [0.25, 0.3) is 5.89 Å². The summed E-state index contributed by atoms with van der Waals surface area (Å²) in [5.74, 6) is 0.807. The molecule has 3 rings (SSSR count). The Morgan fingerprint density at radius 2 is 1.91 bits per heavy atom. The molecule has 0 N–H and O–H groups in total. The van der Waals surface area contributed by atoms with Crippen molar-refractivity contribution in [3.63, 3.8) is 0 Å². The van der Waals surface area contributed by atoms with E-state index in [4.69, 9.17) is 14.2 Å². The number of hydrogen-bond donors (Lipinski definition) is 0. The maximum absolute atomic E-state index is 12.1. The third kappa shape index (κ3) is 2.78. The predicted molar refractivity (Wildman–Crippen MR) is 68.8 cm³/mol. The van der Waals surface area contributed by atoms with Gasteiger partial charge in [0.05, 0.1) is 0 Å². The average Bonchev–Trinajstić information content (AvgIpc) is 3.16. The lowest BCUT2D eigenvalue weighted by molar-refractivity contribution is -0.0498. The number of nitrogens with zero attached hydrogens (tertiary/aromatic N) is 3. The molecule has 6 nitrogen and oxygen atoms in total. The Morgan fingerprint density at radius 1 is 1.14 bits per heavy atom. The fraction of sp³-hybridized carbons (Fsp3) is 0.0714. The summed E-state index contributed by atoms with van der Waals surface area (Å²) < 4.78 is 38.6. The van der Waals surface area contributed by atoms with E-state index >= 15 is 0 Å². The number of hydrogen-bond acceptors (Lipinski definition) is 6. The van der Waals surface area contributed by atoms with Crippen LogP contribution in [0.2, 0.25) is 0 Å². The number of halogens is 2. The van der Waals surface area contributed by atoms with Gasteiger partial charge in [0.1, 0.15) is 11.8 Å². The van der Waals surface area contributed by atoms with Crippen LogP contribution in [-0.2, 0) is 0 Å². The first kappa shape index (κ1) is 13.8. The van der Waals surface area contributed by atoms with Gasteiger partial charge in [0.2, 0.25) is 11.6 Å². The molecule has 2 aromatic heterocycles. The molecule has 0 unspecified atom stereocenters. The Hall–Kier alpha value is -3.21. The molecular formula is C14H7F2N3O3. The maximum atomic E-state index is 12.1. The molecule has 0 atom stereocenters. The molecule has 22 heavy (non-hydrogen) atoms. The highest BCUT2D eigenvalue weighted by molar-refractivity contribution is 5.58. The van der Waals surface area contributed by atoms with Gasteiger partial charge in [-0.05, 0) is 36.4 Å². The molecule has 2 heterocycles. The number of aromatic nitrogens is 2. The van der Waals surface area contributed by atoms with E-state index in [1.54, 1.807) is 0 Å². The molecule has 0 aliphatic rings. The third-order valence-electron chi connectivity index (χ3n) is 2.69. The molecule has 0 amide bonds. The van der Waals surface area contributed by atoms with Crippen LogP contribution in [0, 0.1) is 11.3 Å². The normalized spacial score (nSPS) is 10.6. The zero-order chi connectivity index (χ0) is 15.5. The molecule has 110 valence electrons. The summed E-state index contributed by atoms with van der Waals surface area (Å²) >= 11 is 0. The van der Waals surface area contributed by atoms with Gasteiger partial charge in [-0.2, -0.15) is 19.0 Å². The van der Waals surface area contributed by atoms with Gasteiger partial charge in [-0.3, -0.25) is 0 Å². The SMILES string of the molecule is N#Cc1ccc(-c2nc(-c3ccc(OC(F)F)cc3)no2)o1. The van der Waals surface area contributed by atoms with Crippen molar-refractivity contribution in [2.75, 3.05) is 0 Å². The van der Waals surface area contributed by atoms with Crippen LogP contribution in [0.3, 0.4) is 0 Å². The van der Waals surface area contributed by atoms with Crippen molar-refractivity contribution in [2.24, 2.45) is 0 Å². The van der Waals surface area contributed by atoms with Crippen LogP contribution < -0.4 is 4.74 Å². The second kappa shape index (κ2) is 5.65. The largest absolute Gasteiger partial charge is 0.440 e. The first-order valence-corrected chi connectivity index (χ1v) is 6.05. The molecule has 1 aromatic carbocycles. The summed E-state index contributed by atoms with van der Waals surface area (Å²) in [5, 5.41) is 12.5. The first-order chi connectivity index (χ1) is 10.7. The highest BCUT2D eigenvalue weighted by Crippen LogP contribution is 2.25. The van der Waals surface area contributed by atoms with Crippen LogP contribution in [0.5, 0.6) is 5.75 Å². The number of rotatable bonds is 4. The smallest absolute Gasteiger partial charge is 0.387 e. The van der Waals surface area contributed by atoms with Crippen molar-refractivity contribution in [1.29, 1.82) is 5.26 Å². The molecular weight excluding hydrogens is 296 g/mol. The standard InChI is InChI=1S/C14H7F2N3O3/c15-14(16)21-9-3-1-8(2-4-9)12-18-13(22-19-12)11-6-5-10(7-17)20-11/h1-6,14H. The number of ether oxygens (including phenoxy) is 1. The Balaban J connectivity index is 1.83. The molecule has 0 saturated heterocycles. The van der Waals surface area contributed by atoms with E-state index < -0.39 is 6.61 Å². The van der Waals surface area contributed by atoms with Crippen molar-refractivity contribution in [1.82, 2.24) is 10.1 Å². The second-order valence-corrected chi connectivity index (χ2v) is 4.10. The van der Waals surface area contributed by atoms with Crippen LogP contribution in [0.25, 0.3) is 23.0 Å². The van der Waals surface area contributed by atoms with E-state index in [1.807, 2.05) is 6.07 Å². The zero-order valence-electron chi connectivity index (χ0n) is 10.9. The summed E-state index contributed by atoms with van der Waals surface area (Å²) in [6.07, 6.45) is 0. The summed E-state index contributed by atoms with van der Waals surface area (Å²) in [6.45, 7) is -2.88. The van der Waals surface area contributed by atoms with E-state index in [9.17, 15) is 8.78 Å². The quantitative estimate of drug-likeness (QED) is 0.733. The van der Waals surface area contributed by atoms with Gasteiger partial charge in [-0.25, -0.2) is 0 Å². The molecule has 0 spiro atoms. The minimum atomic E-state index is -2.88. The number of alkyl halides is 2. The van der Waals surface area contributed by atoms with E-state index in [2.05, 4.69) is 14.9 Å². The molecule has 3 aromatic rings. The van der Waals surface area contributed by atoms with Crippen LogP contribution in [0.4, 0.5) is 8.78 Å². The minimum absolute atomic E-state index is 0.0344. The topological polar surface area (TPSA) is 85.1 Å². The van der Waals surface area contributed by atoms with Crippen LogP contribution in [-0.4, -0.2) is 16.8 Å². The van der Waals surface area contributed by atoms with Gasteiger partial charge in [-0.15, -0.1) is 0 Å². The van der Waals surface area contributed by atoms with E-state index in [-0.39, 0.29) is 29.0 Å². The van der Waals surface area contributed by atoms with Crippen molar-refractivity contribution in [3.05, 3.63) is 42.2 Å². The monoisotopic (exact) mass is 303 g/mol. The van der Waals surface area contributed by atoms with E-state index in [1.165, 1.54) is 36.4 Å². The number of nitriles is 1. The fourth-order valence-electron chi connectivity index (χ4n) is 1.74. The second-order valence-electron chi connectivity index (χ2n) is 4.10. The van der Waals surface area contributed by atoms with Crippen molar-refractivity contribution < 1.29 is 22.5 Å². The molecule has 0 bridgehead atoms. The average molecular weight is 303 g/mol. The lowest BCUT2D eigenvalue weighted by Crippen LogP contribution is -2.01. The van der Waals surface area contributed by atoms with Crippen LogP contribution in [0.1, 0.15) is 5.76 Å². The predicted octanol–water partition coefficient (Wildman–Crippen LogP) is 3.47. The van der Waals surface area contributed by atoms with Gasteiger partial charge < -0.3 is 13.7 Å². The Kier molecular flexibility index (Phi) is 3.53. The molecule has 0 fully saturated rings. The van der Waals surface area contributed by atoms with Crippen LogP contribution in [0.15, 0.2) is 45.3 Å². The maximum Gasteiger partial charge on any atom is 0.387 e. The van der Waals surface area contributed by atoms with Gasteiger partial charge in [0.15, 0.2) is 5.76 Å². The molecule has 0 radical (unpaired) electrons. The summed E-state index contributed by atoms with van der Waals surface area (Å²) in [7, 11) is 0. The fourth-order valence-corrected chi connectivity index (χ4v) is 1.74. The van der Waals surface area contributed by atoms with Gasteiger partial charge >= 0.3 is 6.61 Å².